The molecule has 0 aliphatic carbocycles. The van der Waals surface area contributed by atoms with E-state index < -0.39 is 32.1 Å². The van der Waals surface area contributed by atoms with Crippen LogP contribution in [0.2, 0.25) is 0 Å². The van der Waals surface area contributed by atoms with Gasteiger partial charge in [-0.1, -0.05) is 6.92 Å². The van der Waals surface area contributed by atoms with Gasteiger partial charge in [0, 0.05) is 6.07 Å². The normalized spacial score (nSPS) is 14.8. The van der Waals surface area contributed by atoms with Gasteiger partial charge in [-0.3, -0.25) is 0 Å². The summed E-state index contributed by atoms with van der Waals surface area (Å²) >= 11 is 0. The molecule has 0 aliphatic heterocycles. The van der Waals surface area contributed by atoms with Gasteiger partial charge in [-0.15, -0.1) is 0 Å². The van der Waals surface area contributed by atoms with Crippen molar-refractivity contribution in [3.05, 3.63) is 29.8 Å². The molecule has 0 aliphatic rings. The first-order valence-corrected chi connectivity index (χ1v) is 6.63. The number of rotatable bonds is 4. The third-order valence-electron chi connectivity index (χ3n) is 2.50. The van der Waals surface area contributed by atoms with Gasteiger partial charge >= 0.3 is 0 Å². The Morgan fingerprint density at radius 2 is 2.06 bits per heavy atom. The molecule has 1 N–H and O–H groups in total. The van der Waals surface area contributed by atoms with Gasteiger partial charge in [0.05, 0.1) is 6.07 Å². The third-order valence-corrected chi connectivity index (χ3v) is 4.13. The third kappa shape index (κ3) is 3.03. The molecule has 0 spiro atoms. The second-order valence-corrected chi connectivity index (χ2v) is 5.63. The van der Waals surface area contributed by atoms with Gasteiger partial charge in [0.1, 0.15) is 22.1 Å². The molecule has 0 bridgehead atoms. The van der Waals surface area contributed by atoms with Crippen molar-refractivity contribution in [2.45, 2.75) is 30.7 Å². The lowest BCUT2D eigenvalue weighted by molar-refractivity contribution is 0.488. The SMILES string of the molecule is CCC(C)(C#N)NS(=O)(=O)c1ccc(F)cc1F. The van der Waals surface area contributed by atoms with Crippen LogP contribution >= 0.6 is 0 Å². The van der Waals surface area contributed by atoms with Crippen molar-refractivity contribution < 1.29 is 17.2 Å². The van der Waals surface area contributed by atoms with Crippen LogP contribution in [0.4, 0.5) is 8.78 Å². The predicted octanol–water partition coefficient (Wildman–Crippen LogP) is 1.94. The molecule has 98 valence electrons. The van der Waals surface area contributed by atoms with E-state index in [2.05, 4.69) is 4.72 Å². The first kappa shape index (κ1) is 14.5. The van der Waals surface area contributed by atoms with Crippen LogP contribution in [0.3, 0.4) is 0 Å². The molecule has 1 aromatic rings. The molecule has 1 unspecified atom stereocenters. The lowest BCUT2D eigenvalue weighted by atomic mass is 10.0. The van der Waals surface area contributed by atoms with Crippen LogP contribution in [-0.2, 0) is 10.0 Å². The smallest absolute Gasteiger partial charge is 0.207 e. The summed E-state index contributed by atoms with van der Waals surface area (Å²) in [7, 11) is -4.20. The highest BCUT2D eigenvalue weighted by molar-refractivity contribution is 7.89. The van der Waals surface area contributed by atoms with Crippen LogP contribution in [0.25, 0.3) is 0 Å². The molecule has 1 atom stereocenters. The van der Waals surface area contributed by atoms with Crippen molar-refractivity contribution in [2.24, 2.45) is 0 Å². The molecule has 0 heterocycles. The molecule has 0 radical (unpaired) electrons. The fourth-order valence-corrected chi connectivity index (χ4v) is 2.67. The zero-order valence-corrected chi connectivity index (χ0v) is 10.7. The summed E-state index contributed by atoms with van der Waals surface area (Å²) in [5.41, 5.74) is -1.33. The summed E-state index contributed by atoms with van der Waals surface area (Å²) < 4.78 is 51.9. The highest BCUT2D eigenvalue weighted by Crippen LogP contribution is 2.18. The molecular formula is C11H12F2N2O2S. The monoisotopic (exact) mass is 274 g/mol. The fraction of sp³-hybridized carbons (Fsp3) is 0.364. The first-order chi connectivity index (χ1) is 8.24. The van der Waals surface area contributed by atoms with Crippen LogP contribution in [0, 0.1) is 23.0 Å². The van der Waals surface area contributed by atoms with Crippen LogP contribution < -0.4 is 4.72 Å². The van der Waals surface area contributed by atoms with Gasteiger partial charge in [-0.2, -0.15) is 9.98 Å². The number of benzene rings is 1. The number of nitrogens with zero attached hydrogens (tertiary/aromatic N) is 1. The standard InChI is InChI=1S/C11H12F2N2O2S/c1-3-11(2,7-14)15-18(16,17)10-5-4-8(12)6-9(10)13/h4-6,15H,3H2,1-2H3. The lowest BCUT2D eigenvalue weighted by Gasteiger charge is -2.21. The van der Waals surface area contributed by atoms with Crippen molar-refractivity contribution in [3.8, 4) is 6.07 Å². The maximum Gasteiger partial charge on any atom is 0.244 e. The predicted molar refractivity (Wildman–Crippen MR) is 61.0 cm³/mol. The molecule has 0 amide bonds. The lowest BCUT2D eigenvalue weighted by Crippen LogP contribution is -2.44. The first-order valence-electron chi connectivity index (χ1n) is 5.14. The minimum Gasteiger partial charge on any atom is -0.207 e. The van der Waals surface area contributed by atoms with Crippen LogP contribution in [-0.4, -0.2) is 14.0 Å². The van der Waals surface area contributed by atoms with Gasteiger partial charge < -0.3 is 0 Å². The number of nitriles is 1. The Morgan fingerprint density at radius 1 is 1.44 bits per heavy atom. The molecule has 7 heteroatoms. The molecule has 0 saturated carbocycles. The average Bonchev–Trinajstić information content (AvgIpc) is 2.27. The Morgan fingerprint density at radius 3 is 2.50 bits per heavy atom. The maximum absolute atomic E-state index is 13.4. The molecule has 0 saturated heterocycles. The second kappa shape index (κ2) is 5.00. The van der Waals surface area contributed by atoms with Crippen molar-refractivity contribution in [2.75, 3.05) is 0 Å². The molecule has 0 fully saturated rings. The van der Waals surface area contributed by atoms with Gasteiger partial charge in [-0.05, 0) is 25.5 Å². The summed E-state index contributed by atoms with van der Waals surface area (Å²) in [6.07, 6.45) is 0.214. The van der Waals surface area contributed by atoms with Crippen LogP contribution in [0.1, 0.15) is 20.3 Å². The van der Waals surface area contributed by atoms with E-state index in [9.17, 15) is 17.2 Å². The molecule has 1 aromatic carbocycles. The van der Waals surface area contributed by atoms with Crippen molar-refractivity contribution in [1.82, 2.24) is 4.72 Å². The van der Waals surface area contributed by atoms with Crippen LogP contribution in [0.5, 0.6) is 0 Å². The summed E-state index contributed by atoms with van der Waals surface area (Å²) in [6, 6.07) is 3.93. The summed E-state index contributed by atoms with van der Waals surface area (Å²) in [4.78, 5) is -0.682. The van der Waals surface area contributed by atoms with Crippen molar-refractivity contribution in [1.29, 1.82) is 5.26 Å². The average molecular weight is 274 g/mol. The van der Waals surface area contributed by atoms with Gasteiger partial charge in [0.2, 0.25) is 10.0 Å². The van der Waals surface area contributed by atoms with Crippen LogP contribution in [0.15, 0.2) is 23.1 Å². The number of hydrogen-bond acceptors (Lipinski definition) is 3. The Bertz CT molecular complexity index is 596. The Kier molecular flexibility index (Phi) is 4.04. The van der Waals surface area contributed by atoms with E-state index in [0.717, 1.165) is 12.1 Å². The number of halogens is 2. The minimum absolute atomic E-state index is 0.214. The molecule has 18 heavy (non-hydrogen) atoms. The van der Waals surface area contributed by atoms with Crippen molar-refractivity contribution >= 4 is 10.0 Å². The molecule has 4 nitrogen and oxygen atoms in total. The topological polar surface area (TPSA) is 70.0 Å². The van der Waals surface area contributed by atoms with E-state index in [0.29, 0.717) is 6.07 Å². The molecule has 0 aromatic heterocycles. The van der Waals surface area contributed by atoms with Gasteiger partial charge in [0.25, 0.3) is 0 Å². The summed E-state index contributed by atoms with van der Waals surface area (Å²) in [5.74, 6) is -2.07. The van der Waals surface area contributed by atoms with E-state index in [1.807, 2.05) is 0 Å². The van der Waals surface area contributed by atoms with E-state index in [-0.39, 0.29) is 6.42 Å². The zero-order valence-electron chi connectivity index (χ0n) is 9.87. The van der Waals surface area contributed by atoms with Gasteiger partial charge in [-0.25, -0.2) is 17.2 Å². The maximum atomic E-state index is 13.4. The zero-order chi connectivity index (χ0) is 14.0. The quantitative estimate of drug-likeness (QED) is 0.912. The number of hydrogen-bond donors (Lipinski definition) is 1. The number of nitrogens with one attached hydrogen (secondary N) is 1. The van der Waals surface area contributed by atoms with Crippen molar-refractivity contribution in [3.63, 3.8) is 0 Å². The fourth-order valence-electron chi connectivity index (χ4n) is 1.22. The van der Waals surface area contributed by atoms with E-state index >= 15 is 0 Å². The highest BCUT2D eigenvalue weighted by atomic mass is 32.2. The van der Waals surface area contributed by atoms with E-state index in [1.165, 1.54) is 6.92 Å². The molecular weight excluding hydrogens is 262 g/mol. The summed E-state index contributed by atoms with van der Waals surface area (Å²) in [5, 5.41) is 8.88. The van der Waals surface area contributed by atoms with Gasteiger partial charge in [0.15, 0.2) is 0 Å². The molecule has 1 rings (SSSR count). The number of sulfonamides is 1. The Balaban J connectivity index is 3.20. The van der Waals surface area contributed by atoms with E-state index in [4.69, 9.17) is 5.26 Å². The highest BCUT2D eigenvalue weighted by Gasteiger charge is 2.30. The van der Waals surface area contributed by atoms with E-state index in [1.54, 1.807) is 13.0 Å². The minimum atomic E-state index is -4.20. The Hall–Kier alpha value is -1.52. The largest absolute Gasteiger partial charge is 0.244 e. The second-order valence-electron chi connectivity index (χ2n) is 3.98. The summed E-state index contributed by atoms with van der Waals surface area (Å²) in [6.45, 7) is 3.00. The Labute approximate surface area is 104 Å².